The molecule has 0 aromatic rings. The largest absolute Gasteiger partial charge is 0.465 e. The molecule has 2 aliphatic rings. The molecule has 0 saturated carbocycles. The van der Waals surface area contributed by atoms with E-state index in [1.807, 2.05) is 0 Å². The Labute approximate surface area is 52.9 Å². The average molecular weight is 128 g/mol. The van der Waals surface area contributed by atoms with E-state index in [4.69, 9.17) is 9.47 Å². The third-order valence-electron chi connectivity index (χ3n) is 1.94. The highest BCUT2D eigenvalue weighted by Crippen LogP contribution is 2.27. The summed E-state index contributed by atoms with van der Waals surface area (Å²) in [6, 6.07) is 0. The maximum Gasteiger partial charge on any atom is 0.311 e. The fraction of sp³-hybridized carbons (Fsp3) is 0.833. The second-order valence-electron chi connectivity index (χ2n) is 2.53. The Bertz CT molecular complexity index is 143. The van der Waals surface area contributed by atoms with Crippen molar-refractivity contribution in [1.29, 1.82) is 0 Å². The van der Waals surface area contributed by atoms with E-state index in [1.165, 1.54) is 0 Å². The quantitative estimate of drug-likeness (QED) is 0.424. The fourth-order valence-corrected chi connectivity index (χ4v) is 1.32. The first-order chi connectivity index (χ1) is 4.38. The van der Waals surface area contributed by atoms with Gasteiger partial charge in [-0.3, -0.25) is 4.79 Å². The molecular formula is C6H8O3. The summed E-state index contributed by atoms with van der Waals surface area (Å²) in [6.07, 6.45) is 0. The van der Waals surface area contributed by atoms with Crippen molar-refractivity contribution in [3.63, 3.8) is 0 Å². The molecular weight excluding hydrogens is 120 g/mol. The van der Waals surface area contributed by atoms with Crippen LogP contribution in [0.4, 0.5) is 0 Å². The summed E-state index contributed by atoms with van der Waals surface area (Å²) in [5.41, 5.74) is 0. The lowest BCUT2D eigenvalue weighted by molar-refractivity contribution is -0.142. The molecule has 2 rings (SSSR count). The van der Waals surface area contributed by atoms with Crippen molar-refractivity contribution in [2.24, 2.45) is 11.8 Å². The molecule has 3 nitrogen and oxygen atoms in total. The lowest BCUT2D eigenvalue weighted by Gasteiger charge is -1.94. The van der Waals surface area contributed by atoms with Crippen LogP contribution in [-0.2, 0) is 14.3 Å². The van der Waals surface area contributed by atoms with Crippen LogP contribution in [0.5, 0.6) is 0 Å². The zero-order valence-electron chi connectivity index (χ0n) is 5.00. The molecule has 0 bridgehead atoms. The Kier molecular flexibility index (Phi) is 0.990. The van der Waals surface area contributed by atoms with Crippen molar-refractivity contribution < 1.29 is 14.3 Å². The van der Waals surface area contributed by atoms with Gasteiger partial charge in [-0.15, -0.1) is 0 Å². The van der Waals surface area contributed by atoms with Crippen molar-refractivity contribution in [3.8, 4) is 0 Å². The van der Waals surface area contributed by atoms with Crippen molar-refractivity contribution in [2.45, 2.75) is 0 Å². The number of cyclic esters (lactones) is 1. The van der Waals surface area contributed by atoms with E-state index in [0.717, 1.165) is 0 Å². The molecule has 2 heterocycles. The van der Waals surface area contributed by atoms with Gasteiger partial charge in [-0.1, -0.05) is 0 Å². The molecule has 0 spiro atoms. The molecule has 0 N–H and O–H groups in total. The van der Waals surface area contributed by atoms with Crippen molar-refractivity contribution in [3.05, 3.63) is 0 Å². The molecule has 0 radical (unpaired) electrons. The molecule has 0 aliphatic carbocycles. The standard InChI is InChI=1S/C6H8O3/c7-6-5-3-8-1-4(5)2-9-6/h4-5H,1-3H2/t4-,5-/m1/s1. The summed E-state index contributed by atoms with van der Waals surface area (Å²) in [4.78, 5) is 10.8. The summed E-state index contributed by atoms with van der Waals surface area (Å²) >= 11 is 0. The minimum absolute atomic E-state index is 0.0602. The van der Waals surface area contributed by atoms with Crippen LogP contribution >= 0.6 is 0 Å². The van der Waals surface area contributed by atoms with E-state index in [-0.39, 0.29) is 11.9 Å². The van der Waals surface area contributed by atoms with Gasteiger partial charge in [0.2, 0.25) is 0 Å². The normalized spacial score (nSPS) is 40.7. The van der Waals surface area contributed by atoms with Gasteiger partial charge in [0, 0.05) is 5.92 Å². The summed E-state index contributed by atoms with van der Waals surface area (Å²) < 4.78 is 9.88. The maximum absolute atomic E-state index is 10.8. The van der Waals surface area contributed by atoms with Crippen LogP contribution in [0.15, 0.2) is 0 Å². The first kappa shape index (κ1) is 5.23. The summed E-state index contributed by atoms with van der Waals surface area (Å²) in [7, 11) is 0. The van der Waals surface area contributed by atoms with E-state index in [1.54, 1.807) is 0 Å². The molecule has 0 amide bonds. The number of carbonyl (C=O) groups excluding carboxylic acids is 1. The second-order valence-corrected chi connectivity index (χ2v) is 2.53. The van der Waals surface area contributed by atoms with Crippen LogP contribution in [-0.4, -0.2) is 25.8 Å². The summed E-state index contributed by atoms with van der Waals surface area (Å²) in [6.45, 7) is 1.85. The van der Waals surface area contributed by atoms with Crippen LogP contribution in [0.3, 0.4) is 0 Å². The Balaban J connectivity index is 2.15. The SMILES string of the molecule is O=C1OC[C@H]2COC[C@@H]12. The third-order valence-corrected chi connectivity index (χ3v) is 1.94. The second kappa shape index (κ2) is 1.70. The summed E-state index contributed by atoms with van der Waals surface area (Å²) in [5, 5.41) is 0. The number of fused-ring (bicyclic) bond motifs is 1. The van der Waals surface area contributed by atoms with E-state index >= 15 is 0 Å². The lowest BCUT2D eigenvalue weighted by atomic mass is 10.0. The highest BCUT2D eigenvalue weighted by Gasteiger charge is 2.41. The predicted molar refractivity (Wildman–Crippen MR) is 28.8 cm³/mol. The molecule has 50 valence electrons. The third kappa shape index (κ3) is 0.645. The van der Waals surface area contributed by atoms with E-state index in [0.29, 0.717) is 25.7 Å². The Morgan fingerprint density at radius 1 is 1.33 bits per heavy atom. The Hall–Kier alpha value is -0.570. The van der Waals surface area contributed by atoms with Gasteiger partial charge in [-0.25, -0.2) is 0 Å². The lowest BCUT2D eigenvalue weighted by Crippen LogP contribution is -2.12. The molecule has 0 aromatic carbocycles. The monoisotopic (exact) mass is 128 g/mol. The van der Waals surface area contributed by atoms with E-state index in [9.17, 15) is 4.79 Å². The molecule has 0 aromatic heterocycles. The summed E-state index contributed by atoms with van der Waals surface area (Å²) in [5.74, 6) is 0.347. The minimum atomic E-state index is -0.0718. The van der Waals surface area contributed by atoms with Crippen LogP contribution in [0.2, 0.25) is 0 Å². The van der Waals surface area contributed by atoms with Gasteiger partial charge in [0.05, 0.1) is 25.7 Å². The van der Waals surface area contributed by atoms with Gasteiger partial charge in [-0.2, -0.15) is 0 Å². The van der Waals surface area contributed by atoms with Crippen LogP contribution in [0.25, 0.3) is 0 Å². The van der Waals surface area contributed by atoms with Gasteiger partial charge in [-0.05, 0) is 0 Å². The zero-order chi connectivity index (χ0) is 6.27. The van der Waals surface area contributed by atoms with Crippen LogP contribution in [0, 0.1) is 11.8 Å². The van der Waals surface area contributed by atoms with Gasteiger partial charge in [0.1, 0.15) is 0 Å². The molecule has 0 unspecified atom stereocenters. The molecule has 2 fully saturated rings. The van der Waals surface area contributed by atoms with Gasteiger partial charge < -0.3 is 9.47 Å². The zero-order valence-corrected chi connectivity index (χ0v) is 5.00. The number of ether oxygens (including phenoxy) is 2. The van der Waals surface area contributed by atoms with Crippen molar-refractivity contribution >= 4 is 5.97 Å². The fourth-order valence-electron chi connectivity index (χ4n) is 1.32. The van der Waals surface area contributed by atoms with Gasteiger partial charge >= 0.3 is 5.97 Å². The van der Waals surface area contributed by atoms with Crippen LogP contribution in [0.1, 0.15) is 0 Å². The minimum Gasteiger partial charge on any atom is -0.465 e. The first-order valence-electron chi connectivity index (χ1n) is 3.12. The first-order valence-corrected chi connectivity index (χ1v) is 3.12. The number of esters is 1. The maximum atomic E-state index is 10.8. The molecule has 2 aliphatic heterocycles. The van der Waals surface area contributed by atoms with Gasteiger partial charge in [0.15, 0.2) is 0 Å². The topological polar surface area (TPSA) is 35.5 Å². The molecule has 2 atom stereocenters. The number of hydrogen-bond acceptors (Lipinski definition) is 3. The van der Waals surface area contributed by atoms with E-state index in [2.05, 4.69) is 0 Å². The molecule has 9 heavy (non-hydrogen) atoms. The van der Waals surface area contributed by atoms with Crippen LogP contribution < -0.4 is 0 Å². The van der Waals surface area contributed by atoms with E-state index < -0.39 is 0 Å². The Morgan fingerprint density at radius 2 is 2.22 bits per heavy atom. The van der Waals surface area contributed by atoms with Crippen molar-refractivity contribution in [2.75, 3.05) is 19.8 Å². The highest BCUT2D eigenvalue weighted by atomic mass is 16.6. The molecule has 3 heteroatoms. The molecule has 2 saturated heterocycles. The smallest absolute Gasteiger partial charge is 0.311 e. The Morgan fingerprint density at radius 3 is 3.00 bits per heavy atom. The number of rotatable bonds is 0. The highest BCUT2D eigenvalue weighted by molar-refractivity contribution is 5.75. The average Bonchev–Trinajstić information content (AvgIpc) is 2.35. The number of hydrogen-bond donors (Lipinski definition) is 0. The van der Waals surface area contributed by atoms with Gasteiger partial charge in [0.25, 0.3) is 0 Å². The number of carbonyl (C=O) groups is 1. The van der Waals surface area contributed by atoms with Crippen molar-refractivity contribution in [1.82, 2.24) is 0 Å². The predicted octanol–water partition coefficient (Wildman–Crippen LogP) is -0.194.